The van der Waals surface area contributed by atoms with Crippen LogP contribution >= 0.6 is 14.8 Å². The van der Waals surface area contributed by atoms with Crippen LogP contribution in [0.15, 0.2) is 0 Å². The second-order valence-electron chi connectivity index (χ2n) is 1.38. The highest BCUT2D eigenvalue weighted by Crippen LogP contribution is 2.12. The molecular formula is C2H3BrF3NO2S. The minimum absolute atomic E-state index is 0.726. The molecule has 0 bridgehead atoms. The Balaban J connectivity index is 4.16. The highest BCUT2D eigenvalue weighted by Gasteiger charge is 2.33. The summed E-state index contributed by atoms with van der Waals surface area (Å²) in [7, 11) is -4.22. The number of alkyl halides is 3. The summed E-state index contributed by atoms with van der Waals surface area (Å²) in [5.41, 5.74) is 0. The molecule has 0 heterocycles. The van der Waals surface area contributed by atoms with Crippen LogP contribution in [-0.4, -0.2) is 21.1 Å². The molecule has 0 saturated carbocycles. The van der Waals surface area contributed by atoms with E-state index in [1.165, 1.54) is 0 Å². The van der Waals surface area contributed by atoms with Gasteiger partial charge in [-0.05, 0) is 0 Å². The average Bonchev–Trinajstić information content (AvgIpc) is 1.60. The summed E-state index contributed by atoms with van der Waals surface area (Å²) in [6.45, 7) is -2.07. The zero-order chi connectivity index (χ0) is 8.41. The normalized spacial score (nSPS) is 13.6. The second-order valence-corrected chi connectivity index (χ2v) is 5.02. The van der Waals surface area contributed by atoms with E-state index in [1.807, 2.05) is 14.8 Å². The summed E-state index contributed by atoms with van der Waals surface area (Å²) in [6, 6.07) is -4.03. The number of rotatable bonds is 3. The van der Waals surface area contributed by atoms with E-state index in [-0.39, 0.29) is 0 Å². The summed E-state index contributed by atoms with van der Waals surface area (Å²) in [5.74, 6) is 0. The Bertz CT molecular complexity index is 203. The topological polar surface area (TPSA) is 46.2 Å². The second kappa shape index (κ2) is 3.05. The Kier molecular flexibility index (Phi) is 3.11. The van der Waals surface area contributed by atoms with Gasteiger partial charge >= 0.3 is 6.05 Å². The van der Waals surface area contributed by atoms with Gasteiger partial charge in [-0.2, -0.15) is 8.78 Å². The summed E-state index contributed by atoms with van der Waals surface area (Å²) < 4.78 is 55.4. The van der Waals surface area contributed by atoms with Crippen molar-refractivity contribution in [2.45, 2.75) is 6.05 Å². The van der Waals surface area contributed by atoms with Gasteiger partial charge in [-0.3, -0.25) is 0 Å². The van der Waals surface area contributed by atoms with Crippen LogP contribution in [0, 0.1) is 0 Å². The van der Waals surface area contributed by atoms with E-state index in [2.05, 4.69) is 0 Å². The lowest BCUT2D eigenvalue weighted by Crippen LogP contribution is -2.40. The van der Waals surface area contributed by atoms with Gasteiger partial charge in [-0.15, -0.1) is 4.72 Å². The molecule has 3 nitrogen and oxygen atoms in total. The lowest BCUT2D eigenvalue weighted by atomic mass is 10.7. The largest absolute Gasteiger partial charge is 0.343 e. The zero-order valence-corrected chi connectivity index (χ0v) is 6.85. The monoisotopic (exact) mass is 241 g/mol. The maximum absolute atomic E-state index is 11.8. The zero-order valence-electron chi connectivity index (χ0n) is 4.44. The molecule has 0 unspecified atom stereocenters. The van der Waals surface area contributed by atoms with Crippen LogP contribution in [0.5, 0.6) is 0 Å². The Hall–Kier alpha value is 0.180. The van der Waals surface area contributed by atoms with Crippen molar-refractivity contribution in [2.75, 3.05) is 6.67 Å². The number of hydrogen-bond donors (Lipinski definition) is 1. The van der Waals surface area contributed by atoms with Gasteiger partial charge < -0.3 is 0 Å². The molecule has 0 aliphatic rings. The number of nitrogens with one attached hydrogen (secondary N) is 1. The van der Waals surface area contributed by atoms with Crippen molar-refractivity contribution in [3.63, 3.8) is 0 Å². The van der Waals surface area contributed by atoms with Gasteiger partial charge in [0, 0.05) is 0 Å². The Morgan fingerprint density at radius 2 is 1.90 bits per heavy atom. The molecule has 0 atom stereocenters. The average molecular weight is 242 g/mol. The molecular weight excluding hydrogens is 239 g/mol. The van der Waals surface area contributed by atoms with Gasteiger partial charge in [0.15, 0.2) is 6.67 Å². The molecule has 1 N–H and O–H groups in total. The van der Waals surface area contributed by atoms with E-state index >= 15 is 0 Å². The minimum Gasteiger partial charge on any atom is -0.243 e. The molecule has 0 aliphatic heterocycles. The number of hydrogen-bond acceptors (Lipinski definition) is 2. The van der Waals surface area contributed by atoms with E-state index in [1.54, 1.807) is 0 Å². The fraction of sp³-hybridized carbons (Fsp3) is 1.00. The van der Waals surface area contributed by atoms with Crippen LogP contribution in [0.25, 0.3) is 0 Å². The predicted molar refractivity (Wildman–Crippen MR) is 31.9 cm³/mol. The third kappa shape index (κ3) is 5.00. The SMILES string of the molecule is O=S(=O)(Br)NC(F)(F)CF. The van der Waals surface area contributed by atoms with E-state index in [9.17, 15) is 21.6 Å². The van der Waals surface area contributed by atoms with Crippen LogP contribution in [0.4, 0.5) is 13.2 Å². The molecule has 0 aromatic rings. The lowest BCUT2D eigenvalue weighted by Gasteiger charge is -2.09. The first kappa shape index (κ1) is 10.2. The van der Waals surface area contributed by atoms with Gasteiger partial charge in [-0.25, -0.2) is 12.8 Å². The molecule has 0 fully saturated rings. The maximum atomic E-state index is 11.8. The van der Waals surface area contributed by atoms with Crippen molar-refractivity contribution in [3.05, 3.63) is 0 Å². The van der Waals surface area contributed by atoms with E-state index in [0.717, 1.165) is 4.72 Å². The first-order valence-electron chi connectivity index (χ1n) is 1.94. The van der Waals surface area contributed by atoms with Crippen molar-refractivity contribution in [2.24, 2.45) is 0 Å². The predicted octanol–water partition coefficient (Wildman–Crippen LogP) is 0.778. The van der Waals surface area contributed by atoms with Gasteiger partial charge in [0.1, 0.15) is 0 Å². The highest BCUT2D eigenvalue weighted by molar-refractivity contribution is 9.47. The quantitative estimate of drug-likeness (QED) is 0.587. The molecule has 0 radical (unpaired) electrons. The van der Waals surface area contributed by atoms with Crippen molar-refractivity contribution < 1.29 is 21.6 Å². The van der Waals surface area contributed by atoms with E-state index in [4.69, 9.17) is 0 Å². The van der Waals surface area contributed by atoms with Crippen LogP contribution in [0.1, 0.15) is 0 Å². The fourth-order valence-electron chi connectivity index (χ4n) is 0.206. The molecule has 8 heteroatoms. The third-order valence-electron chi connectivity index (χ3n) is 0.439. The summed E-state index contributed by atoms with van der Waals surface area (Å²) in [6.07, 6.45) is 0. The van der Waals surface area contributed by atoms with E-state index in [0.29, 0.717) is 0 Å². The standard InChI is InChI=1S/C2H3BrF3NO2S/c3-10(8,9)7-2(5,6)1-4/h7H,1H2. The molecule has 0 rings (SSSR count). The van der Waals surface area contributed by atoms with Crippen LogP contribution < -0.4 is 4.72 Å². The van der Waals surface area contributed by atoms with Crippen molar-refractivity contribution in [1.82, 2.24) is 4.72 Å². The smallest absolute Gasteiger partial charge is 0.243 e. The van der Waals surface area contributed by atoms with Crippen LogP contribution in [-0.2, 0) is 8.46 Å². The molecule has 62 valence electrons. The van der Waals surface area contributed by atoms with Crippen molar-refractivity contribution in [1.29, 1.82) is 0 Å². The fourth-order valence-corrected chi connectivity index (χ4v) is 1.33. The van der Waals surface area contributed by atoms with Crippen molar-refractivity contribution in [3.8, 4) is 0 Å². The minimum atomic E-state index is -4.22. The maximum Gasteiger partial charge on any atom is 0.343 e. The van der Waals surface area contributed by atoms with Gasteiger partial charge in [0.2, 0.25) is 0 Å². The van der Waals surface area contributed by atoms with Gasteiger partial charge in [-0.1, -0.05) is 0 Å². The third-order valence-corrected chi connectivity index (χ3v) is 1.47. The molecule has 0 amide bonds. The molecule has 10 heavy (non-hydrogen) atoms. The number of halogens is 4. The molecule has 0 saturated heterocycles. The Labute approximate surface area is 62.9 Å². The summed E-state index contributed by atoms with van der Waals surface area (Å²) >= 11 is 1.87. The van der Waals surface area contributed by atoms with Crippen LogP contribution in [0.2, 0.25) is 0 Å². The molecule has 0 aliphatic carbocycles. The van der Waals surface area contributed by atoms with Crippen molar-refractivity contribution >= 4 is 23.3 Å². The van der Waals surface area contributed by atoms with E-state index < -0.39 is 21.2 Å². The lowest BCUT2D eigenvalue weighted by molar-refractivity contribution is -0.0323. The first-order chi connectivity index (χ1) is 4.27. The Morgan fingerprint density at radius 1 is 1.50 bits per heavy atom. The molecule has 0 aromatic carbocycles. The molecule has 0 aromatic heterocycles. The summed E-state index contributed by atoms with van der Waals surface area (Å²) in [5, 5.41) is 0. The summed E-state index contributed by atoms with van der Waals surface area (Å²) in [4.78, 5) is 0. The van der Waals surface area contributed by atoms with Crippen LogP contribution in [0.3, 0.4) is 0 Å². The van der Waals surface area contributed by atoms with Gasteiger partial charge in [0.25, 0.3) is 8.46 Å². The Morgan fingerprint density at radius 3 is 2.00 bits per heavy atom. The highest BCUT2D eigenvalue weighted by atomic mass is 79.9. The molecule has 0 spiro atoms. The van der Waals surface area contributed by atoms with Gasteiger partial charge in [0.05, 0.1) is 14.8 Å². The first-order valence-corrected chi connectivity index (χ1v) is 5.27.